The average Bonchev–Trinajstić information content (AvgIpc) is 2.65. The number of nitrogens with one attached hydrogen (secondary N) is 1. The van der Waals surface area contributed by atoms with Gasteiger partial charge in [-0.3, -0.25) is 4.55 Å². The molecule has 2 aromatic carbocycles. The molecule has 0 amide bonds. The molecule has 0 aliphatic rings. The maximum Gasteiger partial charge on any atom is 0.296 e. The Bertz CT molecular complexity index is 824. The van der Waals surface area contributed by atoms with Crippen molar-refractivity contribution >= 4 is 61.5 Å². The molecule has 18 heavy (non-hydrogen) atoms. The molecule has 2 N–H and O–H groups in total. The van der Waals surface area contributed by atoms with Crippen molar-refractivity contribution < 1.29 is 13.0 Å². The number of rotatable bonds is 1. The van der Waals surface area contributed by atoms with E-state index in [9.17, 15) is 8.42 Å². The minimum absolute atomic E-state index is 0. The maximum atomic E-state index is 11.3. The van der Waals surface area contributed by atoms with Crippen molar-refractivity contribution in [2.24, 2.45) is 0 Å². The third-order valence-electron chi connectivity index (χ3n) is 2.78. The Kier molecular flexibility index (Phi) is 3.53. The second-order valence-electron chi connectivity index (χ2n) is 3.82. The molecule has 0 saturated carbocycles. The first kappa shape index (κ1) is 13.6. The smallest absolute Gasteiger partial charge is 0.296 e. The Morgan fingerprint density at radius 2 is 1.61 bits per heavy atom. The molecule has 0 spiro atoms. The molecule has 1 heterocycles. The van der Waals surface area contributed by atoms with Crippen LogP contribution < -0.4 is 0 Å². The second kappa shape index (κ2) is 4.68. The van der Waals surface area contributed by atoms with Crippen LogP contribution in [0.3, 0.4) is 0 Å². The predicted octanol–water partition coefficient (Wildman–Crippen LogP) is 2.19. The van der Waals surface area contributed by atoms with E-state index in [1.165, 1.54) is 6.07 Å². The van der Waals surface area contributed by atoms with Crippen molar-refractivity contribution in [2.75, 3.05) is 0 Å². The Morgan fingerprint density at radius 1 is 0.944 bits per heavy atom. The average molecular weight is 270 g/mol. The molecule has 4 nitrogen and oxygen atoms in total. The van der Waals surface area contributed by atoms with Gasteiger partial charge in [-0.2, -0.15) is 8.42 Å². The van der Waals surface area contributed by atoms with Crippen molar-refractivity contribution in [3.63, 3.8) is 0 Å². The molecule has 0 aliphatic carbocycles. The molecular formula is C12H9NNaO3S. The molecule has 0 aliphatic heterocycles. The van der Waals surface area contributed by atoms with Crippen LogP contribution in [0.1, 0.15) is 0 Å². The van der Waals surface area contributed by atoms with Gasteiger partial charge in [0.1, 0.15) is 4.90 Å². The van der Waals surface area contributed by atoms with Crippen LogP contribution in [-0.2, 0) is 10.1 Å². The van der Waals surface area contributed by atoms with Gasteiger partial charge >= 0.3 is 0 Å². The molecule has 3 aromatic rings. The fourth-order valence-electron chi connectivity index (χ4n) is 2.06. The first-order chi connectivity index (χ1) is 8.07. The van der Waals surface area contributed by atoms with Crippen LogP contribution in [0.2, 0.25) is 0 Å². The summed E-state index contributed by atoms with van der Waals surface area (Å²) in [7, 11) is -4.21. The summed E-state index contributed by atoms with van der Waals surface area (Å²) in [4.78, 5) is 2.92. The summed E-state index contributed by atoms with van der Waals surface area (Å²) in [6.07, 6.45) is 0. The zero-order valence-electron chi connectivity index (χ0n) is 9.71. The predicted molar refractivity (Wildman–Crippen MR) is 71.4 cm³/mol. The first-order valence-corrected chi connectivity index (χ1v) is 6.48. The molecule has 6 heteroatoms. The Hall–Kier alpha value is -0.850. The topological polar surface area (TPSA) is 70.2 Å². The molecular weight excluding hydrogens is 261 g/mol. The second-order valence-corrected chi connectivity index (χ2v) is 5.21. The maximum absolute atomic E-state index is 11.3. The Morgan fingerprint density at radius 3 is 2.33 bits per heavy atom. The van der Waals surface area contributed by atoms with Gasteiger partial charge in [0.15, 0.2) is 0 Å². The van der Waals surface area contributed by atoms with E-state index in [0.717, 1.165) is 16.3 Å². The molecule has 0 bridgehead atoms. The normalized spacial score (nSPS) is 11.6. The first-order valence-electron chi connectivity index (χ1n) is 5.04. The quantitative estimate of drug-likeness (QED) is 0.526. The summed E-state index contributed by atoms with van der Waals surface area (Å²) >= 11 is 0. The summed E-state index contributed by atoms with van der Waals surface area (Å²) in [6, 6.07) is 12.3. The van der Waals surface area contributed by atoms with Crippen LogP contribution >= 0.6 is 0 Å². The van der Waals surface area contributed by atoms with Gasteiger partial charge < -0.3 is 4.98 Å². The summed E-state index contributed by atoms with van der Waals surface area (Å²) < 4.78 is 31.7. The van der Waals surface area contributed by atoms with Crippen molar-refractivity contribution in [3.8, 4) is 0 Å². The van der Waals surface area contributed by atoms with Crippen molar-refractivity contribution in [1.82, 2.24) is 4.98 Å². The van der Waals surface area contributed by atoms with Gasteiger partial charge in [0.25, 0.3) is 10.1 Å². The van der Waals surface area contributed by atoms with Gasteiger partial charge in [0, 0.05) is 45.8 Å². The van der Waals surface area contributed by atoms with Crippen LogP contribution in [0.4, 0.5) is 0 Å². The Labute approximate surface area is 126 Å². The number of benzene rings is 2. The zero-order chi connectivity index (χ0) is 12.0. The van der Waals surface area contributed by atoms with Crippen LogP contribution in [-0.4, -0.2) is 47.5 Å². The summed E-state index contributed by atoms with van der Waals surface area (Å²) in [5.41, 5.74) is 1.29. The van der Waals surface area contributed by atoms with E-state index in [1.807, 2.05) is 30.3 Å². The molecule has 1 aromatic heterocycles. The van der Waals surface area contributed by atoms with Gasteiger partial charge in [-0.25, -0.2) is 0 Å². The van der Waals surface area contributed by atoms with Crippen LogP contribution in [0.5, 0.6) is 0 Å². The largest absolute Gasteiger partial charge is 0.353 e. The third kappa shape index (κ3) is 2.08. The SMILES string of the molecule is O=S(=O)(O)c1cccc2c1[nH]c1ccccc12.[Na]. The monoisotopic (exact) mass is 270 g/mol. The molecule has 87 valence electrons. The summed E-state index contributed by atoms with van der Waals surface area (Å²) in [5.74, 6) is 0. The van der Waals surface area contributed by atoms with E-state index in [1.54, 1.807) is 6.07 Å². The number of hydrogen-bond donors (Lipinski definition) is 2. The van der Waals surface area contributed by atoms with E-state index in [-0.39, 0.29) is 34.5 Å². The van der Waals surface area contributed by atoms with Gasteiger partial charge in [-0.05, 0) is 12.1 Å². The minimum atomic E-state index is -4.21. The number of aromatic nitrogens is 1. The van der Waals surface area contributed by atoms with E-state index < -0.39 is 10.1 Å². The number of hydrogen-bond acceptors (Lipinski definition) is 2. The number of H-pyrrole nitrogens is 1. The minimum Gasteiger partial charge on any atom is -0.353 e. The van der Waals surface area contributed by atoms with Gasteiger partial charge in [0.2, 0.25) is 0 Å². The van der Waals surface area contributed by atoms with Crippen LogP contribution in [0.25, 0.3) is 21.8 Å². The standard InChI is InChI=1S/C12H9NO3S.Na/c14-17(15,16)11-7-3-5-9-8-4-1-2-6-10(8)13-12(9)11;/h1-7,13H,(H,14,15,16);. The summed E-state index contributed by atoms with van der Waals surface area (Å²) in [6.45, 7) is 0. The van der Waals surface area contributed by atoms with E-state index in [2.05, 4.69) is 4.98 Å². The van der Waals surface area contributed by atoms with E-state index in [4.69, 9.17) is 4.55 Å². The van der Waals surface area contributed by atoms with Crippen molar-refractivity contribution in [3.05, 3.63) is 42.5 Å². The van der Waals surface area contributed by atoms with E-state index >= 15 is 0 Å². The molecule has 0 atom stereocenters. The molecule has 0 unspecified atom stereocenters. The van der Waals surface area contributed by atoms with Gasteiger partial charge in [-0.15, -0.1) is 0 Å². The van der Waals surface area contributed by atoms with Crippen molar-refractivity contribution in [1.29, 1.82) is 0 Å². The fourth-order valence-corrected chi connectivity index (χ4v) is 2.73. The number of aromatic amines is 1. The third-order valence-corrected chi connectivity index (χ3v) is 3.68. The van der Waals surface area contributed by atoms with Gasteiger partial charge in [0.05, 0.1) is 5.52 Å². The number of para-hydroxylation sites is 2. The molecule has 0 saturated heterocycles. The Balaban J connectivity index is 0.00000120. The van der Waals surface area contributed by atoms with E-state index in [0.29, 0.717) is 5.52 Å². The summed E-state index contributed by atoms with van der Waals surface area (Å²) in [5, 5.41) is 1.73. The van der Waals surface area contributed by atoms with Crippen molar-refractivity contribution in [2.45, 2.75) is 4.90 Å². The fraction of sp³-hybridized carbons (Fsp3) is 0. The van der Waals surface area contributed by atoms with Crippen LogP contribution in [0.15, 0.2) is 47.4 Å². The van der Waals surface area contributed by atoms with Crippen LogP contribution in [0, 0.1) is 0 Å². The molecule has 1 radical (unpaired) electrons. The zero-order valence-corrected chi connectivity index (χ0v) is 12.5. The molecule has 3 rings (SSSR count). The van der Waals surface area contributed by atoms with Gasteiger partial charge in [-0.1, -0.05) is 30.3 Å². The molecule has 0 fully saturated rings. The number of fused-ring (bicyclic) bond motifs is 3.